The lowest BCUT2D eigenvalue weighted by Gasteiger charge is -2.39. The molecule has 2 N–H and O–H groups in total. The van der Waals surface area contributed by atoms with Gasteiger partial charge in [0.05, 0.1) is 12.0 Å². The van der Waals surface area contributed by atoms with Crippen LogP contribution in [0.1, 0.15) is 48.0 Å². The first kappa shape index (κ1) is 19.3. The van der Waals surface area contributed by atoms with E-state index in [2.05, 4.69) is 5.32 Å². The second-order valence-electron chi connectivity index (χ2n) is 8.07. The standard InChI is InChI=1S/C16H28N2O5/c1-15(2,3)13(21)18-8-10(12(19)20)7-11(9-18)17-14(22)23-16(4,5)6/h10-11H,7-9H2,1-6H3,(H,17,22)(H,19,20). The Labute approximate surface area is 137 Å². The molecule has 0 aromatic carbocycles. The number of carboxylic acids is 1. The van der Waals surface area contributed by atoms with E-state index in [4.69, 9.17) is 4.74 Å². The van der Waals surface area contributed by atoms with Crippen molar-refractivity contribution in [2.75, 3.05) is 13.1 Å². The van der Waals surface area contributed by atoms with Gasteiger partial charge in [-0.3, -0.25) is 9.59 Å². The third kappa shape index (κ3) is 6.08. The fourth-order valence-electron chi connectivity index (χ4n) is 2.50. The minimum atomic E-state index is -0.965. The molecule has 0 aliphatic carbocycles. The molecule has 1 rings (SSSR count). The van der Waals surface area contributed by atoms with E-state index in [1.54, 1.807) is 41.5 Å². The largest absolute Gasteiger partial charge is 0.481 e. The molecule has 23 heavy (non-hydrogen) atoms. The maximum absolute atomic E-state index is 12.4. The Balaban J connectivity index is 2.81. The molecule has 7 nitrogen and oxygen atoms in total. The molecule has 2 unspecified atom stereocenters. The van der Waals surface area contributed by atoms with Gasteiger partial charge in [0.2, 0.25) is 5.91 Å². The number of aliphatic carboxylic acids is 1. The van der Waals surface area contributed by atoms with Crippen molar-refractivity contribution in [1.82, 2.24) is 10.2 Å². The first-order chi connectivity index (χ1) is 10.3. The number of amides is 2. The fraction of sp³-hybridized carbons (Fsp3) is 0.812. The summed E-state index contributed by atoms with van der Waals surface area (Å²) in [5.41, 5.74) is -1.23. The zero-order chi connectivity index (χ0) is 18.0. The molecule has 0 aromatic heterocycles. The Morgan fingerprint density at radius 2 is 1.65 bits per heavy atom. The molecule has 0 aromatic rings. The number of hydrogen-bond acceptors (Lipinski definition) is 4. The molecule has 132 valence electrons. The normalized spacial score (nSPS) is 22.4. The zero-order valence-corrected chi connectivity index (χ0v) is 14.8. The highest BCUT2D eigenvalue weighted by Crippen LogP contribution is 2.24. The molecular weight excluding hydrogens is 300 g/mol. The van der Waals surface area contributed by atoms with Gasteiger partial charge in [-0.1, -0.05) is 20.8 Å². The number of carbonyl (C=O) groups excluding carboxylic acids is 2. The molecule has 1 fully saturated rings. The third-order valence-corrected chi connectivity index (χ3v) is 3.45. The van der Waals surface area contributed by atoms with E-state index in [1.165, 1.54) is 4.90 Å². The topological polar surface area (TPSA) is 95.9 Å². The Morgan fingerprint density at radius 1 is 1.09 bits per heavy atom. The zero-order valence-electron chi connectivity index (χ0n) is 14.8. The molecule has 0 radical (unpaired) electrons. The van der Waals surface area contributed by atoms with Crippen LogP contribution in [0.3, 0.4) is 0 Å². The lowest BCUT2D eigenvalue weighted by molar-refractivity contribution is -0.149. The van der Waals surface area contributed by atoms with Crippen LogP contribution in [0.4, 0.5) is 4.79 Å². The van der Waals surface area contributed by atoms with Gasteiger partial charge in [-0.15, -0.1) is 0 Å². The van der Waals surface area contributed by atoms with Gasteiger partial charge >= 0.3 is 12.1 Å². The predicted octanol–water partition coefficient (Wildman–Crippen LogP) is 1.86. The van der Waals surface area contributed by atoms with E-state index in [0.717, 1.165) is 0 Å². The van der Waals surface area contributed by atoms with Crippen LogP contribution in [0.5, 0.6) is 0 Å². The number of carboxylic acid groups (broad SMARTS) is 1. The Bertz CT molecular complexity index is 476. The first-order valence-corrected chi connectivity index (χ1v) is 7.81. The lowest BCUT2D eigenvalue weighted by atomic mass is 9.89. The summed E-state index contributed by atoms with van der Waals surface area (Å²) in [4.78, 5) is 37.2. The van der Waals surface area contributed by atoms with Gasteiger partial charge in [0.1, 0.15) is 5.60 Å². The number of alkyl carbamates (subject to hydrolysis) is 1. The molecule has 1 aliphatic heterocycles. The van der Waals surface area contributed by atoms with Crippen LogP contribution in [0, 0.1) is 11.3 Å². The van der Waals surface area contributed by atoms with Crippen molar-refractivity contribution in [3.63, 3.8) is 0 Å². The van der Waals surface area contributed by atoms with Crippen LogP contribution >= 0.6 is 0 Å². The third-order valence-electron chi connectivity index (χ3n) is 3.45. The maximum atomic E-state index is 12.4. The minimum absolute atomic E-state index is 0.126. The van der Waals surface area contributed by atoms with Crippen molar-refractivity contribution in [2.24, 2.45) is 11.3 Å². The summed E-state index contributed by atoms with van der Waals surface area (Å²) in [5.74, 6) is -1.79. The van der Waals surface area contributed by atoms with Gasteiger partial charge in [0.15, 0.2) is 0 Å². The van der Waals surface area contributed by atoms with E-state index in [9.17, 15) is 19.5 Å². The molecule has 0 spiro atoms. The van der Waals surface area contributed by atoms with Gasteiger partial charge in [-0.2, -0.15) is 0 Å². The summed E-state index contributed by atoms with van der Waals surface area (Å²) >= 11 is 0. The highest BCUT2D eigenvalue weighted by atomic mass is 16.6. The van der Waals surface area contributed by atoms with E-state index < -0.39 is 35.0 Å². The highest BCUT2D eigenvalue weighted by molar-refractivity contribution is 5.82. The summed E-state index contributed by atoms with van der Waals surface area (Å²) in [6.07, 6.45) is -0.320. The number of rotatable bonds is 2. The molecule has 2 amide bonds. The number of nitrogens with zero attached hydrogens (tertiary/aromatic N) is 1. The highest BCUT2D eigenvalue weighted by Gasteiger charge is 2.38. The van der Waals surface area contributed by atoms with Gasteiger partial charge in [-0.25, -0.2) is 4.79 Å². The number of hydrogen-bond donors (Lipinski definition) is 2. The first-order valence-electron chi connectivity index (χ1n) is 7.81. The lowest BCUT2D eigenvalue weighted by Crippen LogP contribution is -2.56. The number of carbonyl (C=O) groups is 3. The van der Waals surface area contributed by atoms with Crippen molar-refractivity contribution in [3.05, 3.63) is 0 Å². The Hall–Kier alpha value is -1.79. The van der Waals surface area contributed by atoms with Crippen molar-refractivity contribution in [3.8, 4) is 0 Å². The van der Waals surface area contributed by atoms with Crippen LogP contribution in [0.25, 0.3) is 0 Å². The maximum Gasteiger partial charge on any atom is 0.407 e. The quantitative estimate of drug-likeness (QED) is 0.806. The summed E-state index contributed by atoms with van der Waals surface area (Å²) in [6.45, 7) is 11.1. The smallest absolute Gasteiger partial charge is 0.407 e. The SMILES string of the molecule is CC(C)(C)OC(=O)NC1CC(C(=O)O)CN(C(=O)C(C)(C)C)C1. The van der Waals surface area contributed by atoms with Gasteiger partial charge in [-0.05, 0) is 27.2 Å². The summed E-state index contributed by atoms with van der Waals surface area (Å²) < 4.78 is 5.20. The van der Waals surface area contributed by atoms with Crippen LogP contribution in [-0.4, -0.2) is 52.7 Å². The van der Waals surface area contributed by atoms with Crippen LogP contribution in [-0.2, 0) is 14.3 Å². The Kier molecular flexibility index (Phi) is 5.66. The summed E-state index contributed by atoms with van der Waals surface area (Å²) in [6, 6.07) is -0.439. The Morgan fingerprint density at radius 3 is 2.09 bits per heavy atom. The predicted molar refractivity (Wildman–Crippen MR) is 84.9 cm³/mol. The fourth-order valence-corrected chi connectivity index (χ4v) is 2.50. The van der Waals surface area contributed by atoms with E-state index in [1.807, 2.05) is 0 Å². The monoisotopic (exact) mass is 328 g/mol. The molecule has 2 atom stereocenters. The van der Waals surface area contributed by atoms with Crippen molar-refractivity contribution >= 4 is 18.0 Å². The second kappa shape index (κ2) is 6.76. The summed E-state index contributed by atoms with van der Waals surface area (Å²) in [7, 11) is 0. The molecule has 1 aliphatic rings. The van der Waals surface area contributed by atoms with Gasteiger partial charge < -0.3 is 20.1 Å². The van der Waals surface area contributed by atoms with Crippen LogP contribution in [0.15, 0.2) is 0 Å². The molecule has 0 saturated carbocycles. The number of nitrogens with one attached hydrogen (secondary N) is 1. The number of ether oxygens (including phenoxy) is 1. The van der Waals surface area contributed by atoms with E-state index in [0.29, 0.717) is 6.54 Å². The average molecular weight is 328 g/mol. The van der Waals surface area contributed by atoms with Crippen molar-refractivity contribution in [1.29, 1.82) is 0 Å². The van der Waals surface area contributed by atoms with E-state index >= 15 is 0 Å². The number of likely N-dealkylation sites (tertiary alicyclic amines) is 1. The van der Waals surface area contributed by atoms with Crippen molar-refractivity contribution < 1.29 is 24.2 Å². The van der Waals surface area contributed by atoms with E-state index in [-0.39, 0.29) is 18.9 Å². The minimum Gasteiger partial charge on any atom is -0.481 e. The van der Waals surface area contributed by atoms with Gasteiger partial charge in [0, 0.05) is 18.5 Å². The molecular formula is C16H28N2O5. The molecule has 1 saturated heterocycles. The van der Waals surface area contributed by atoms with Crippen LogP contribution < -0.4 is 5.32 Å². The average Bonchev–Trinajstić information content (AvgIpc) is 2.33. The molecule has 1 heterocycles. The molecule has 7 heteroatoms. The molecule has 0 bridgehead atoms. The second-order valence-corrected chi connectivity index (χ2v) is 8.07. The van der Waals surface area contributed by atoms with Crippen molar-refractivity contribution in [2.45, 2.75) is 59.6 Å². The van der Waals surface area contributed by atoms with Crippen LogP contribution in [0.2, 0.25) is 0 Å². The number of piperidine rings is 1. The summed E-state index contributed by atoms with van der Waals surface area (Å²) in [5, 5.41) is 12.0. The van der Waals surface area contributed by atoms with Gasteiger partial charge in [0.25, 0.3) is 0 Å².